The Morgan fingerprint density at radius 3 is 2.84 bits per heavy atom. The van der Waals surface area contributed by atoms with Gasteiger partial charge in [-0.3, -0.25) is 10.1 Å². The largest absolute Gasteiger partial charge is 0.307 e. The summed E-state index contributed by atoms with van der Waals surface area (Å²) in [6, 6.07) is 7.06. The molecule has 1 heterocycles. The molecule has 0 atom stereocenters. The fraction of sp³-hybridized carbons (Fsp3) is 0.167. The Morgan fingerprint density at radius 1 is 1.32 bits per heavy atom. The lowest BCUT2D eigenvalue weighted by Crippen LogP contribution is -2.14. The average Bonchev–Trinajstić information content (AvgIpc) is 2.39. The van der Waals surface area contributed by atoms with Crippen LogP contribution in [0.4, 0.5) is 10.1 Å². The summed E-state index contributed by atoms with van der Waals surface area (Å²) < 4.78 is 13.2. The van der Waals surface area contributed by atoms with Gasteiger partial charge in [-0.25, -0.2) is 4.39 Å². The lowest BCUT2D eigenvalue weighted by Gasteiger charge is -2.04. The number of hydrogen-bond acceptors (Lipinski definition) is 5. The zero-order valence-corrected chi connectivity index (χ0v) is 9.91. The average molecular weight is 262 g/mol. The molecule has 0 spiro atoms. The van der Waals surface area contributed by atoms with E-state index in [0.717, 1.165) is 11.8 Å². The maximum absolute atomic E-state index is 13.2. The summed E-state index contributed by atoms with van der Waals surface area (Å²) in [5, 5.41) is 21.2. The molecular formula is C12H11FN4O2. The first-order valence-electron chi connectivity index (χ1n) is 5.56. The molecule has 0 fully saturated rings. The van der Waals surface area contributed by atoms with Crippen LogP contribution in [0.3, 0.4) is 0 Å². The van der Waals surface area contributed by atoms with Crippen molar-refractivity contribution in [3.05, 3.63) is 63.7 Å². The van der Waals surface area contributed by atoms with Crippen molar-refractivity contribution >= 4 is 5.69 Å². The van der Waals surface area contributed by atoms with Crippen LogP contribution < -0.4 is 5.32 Å². The van der Waals surface area contributed by atoms with Crippen molar-refractivity contribution in [3.8, 4) is 0 Å². The lowest BCUT2D eigenvalue weighted by atomic mass is 10.2. The van der Waals surface area contributed by atoms with Gasteiger partial charge in [0.05, 0.1) is 16.7 Å². The SMILES string of the molecule is O=[N+]([O-])c1cc(F)cc(CNCc2cccnn2)c1. The van der Waals surface area contributed by atoms with E-state index >= 15 is 0 Å². The third kappa shape index (κ3) is 3.78. The molecule has 19 heavy (non-hydrogen) atoms. The van der Waals surface area contributed by atoms with E-state index in [1.807, 2.05) is 0 Å². The first-order chi connectivity index (χ1) is 9.15. The van der Waals surface area contributed by atoms with Gasteiger partial charge in [0.25, 0.3) is 5.69 Å². The Bertz CT molecular complexity index is 577. The molecular weight excluding hydrogens is 251 g/mol. The molecule has 1 N–H and O–H groups in total. The summed E-state index contributed by atoms with van der Waals surface area (Å²) in [6.45, 7) is 0.771. The number of nitro benzene ring substituents is 1. The summed E-state index contributed by atoms with van der Waals surface area (Å²) >= 11 is 0. The first kappa shape index (κ1) is 13.0. The van der Waals surface area contributed by atoms with Crippen LogP contribution in [0.25, 0.3) is 0 Å². The lowest BCUT2D eigenvalue weighted by molar-refractivity contribution is -0.385. The monoisotopic (exact) mass is 262 g/mol. The highest BCUT2D eigenvalue weighted by Gasteiger charge is 2.09. The fourth-order valence-corrected chi connectivity index (χ4v) is 1.60. The zero-order chi connectivity index (χ0) is 13.7. The molecule has 6 nitrogen and oxygen atoms in total. The maximum Gasteiger partial charge on any atom is 0.272 e. The second-order valence-corrected chi connectivity index (χ2v) is 3.89. The number of rotatable bonds is 5. The minimum absolute atomic E-state index is 0.253. The van der Waals surface area contributed by atoms with E-state index in [9.17, 15) is 14.5 Å². The van der Waals surface area contributed by atoms with Crippen LogP contribution in [0.15, 0.2) is 36.5 Å². The third-order valence-corrected chi connectivity index (χ3v) is 2.42. The summed E-state index contributed by atoms with van der Waals surface area (Å²) in [5.74, 6) is -0.620. The van der Waals surface area contributed by atoms with E-state index in [1.165, 1.54) is 12.1 Å². The maximum atomic E-state index is 13.2. The van der Waals surface area contributed by atoms with Gasteiger partial charge in [-0.05, 0) is 23.8 Å². The van der Waals surface area contributed by atoms with Crippen molar-refractivity contribution < 1.29 is 9.31 Å². The van der Waals surface area contributed by atoms with E-state index in [-0.39, 0.29) is 5.69 Å². The number of nitrogens with one attached hydrogen (secondary N) is 1. The summed E-state index contributed by atoms with van der Waals surface area (Å²) in [4.78, 5) is 9.99. The van der Waals surface area contributed by atoms with Crippen molar-refractivity contribution in [3.63, 3.8) is 0 Å². The van der Waals surface area contributed by atoms with Gasteiger partial charge in [0.2, 0.25) is 0 Å². The van der Waals surface area contributed by atoms with E-state index in [0.29, 0.717) is 18.7 Å². The second kappa shape index (κ2) is 5.96. The van der Waals surface area contributed by atoms with E-state index in [4.69, 9.17) is 0 Å². The number of nitrogens with zero attached hydrogens (tertiary/aromatic N) is 3. The normalized spacial score (nSPS) is 10.4. The molecule has 0 amide bonds. The summed E-state index contributed by atoms with van der Waals surface area (Å²) in [6.07, 6.45) is 1.57. The van der Waals surface area contributed by atoms with Crippen molar-refractivity contribution in [2.45, 2.75) is 13.1 Å². The van der Waals surface area contributed by atoms with Crippen molar-refractivity contribution in [1.29, 1.82) is 0 Å². The second-order valence-electron chi connectivity index (χ2n) is 3.89. The van der Waals surface area contributed by atoms with Crippen LogP contribution in [0.2, 0.25) is 0 Å². The highest BCUT2D eigenvalue weighted by atomic mass is 19.1. The number of aromatic nitrogens is 2. The van der Waals surface area contributed by atoms with Crippen molar-refractivity contribution in [2.24, 2.45) is 0 Å². The quantitative estimate of drug-likeness (QED) is 0.656. The standard InChI is InChI=1S/C12H11FN4O2/c13-10-4-9(5-12(6-10)17(18)19)7-14-8-11-2-1-3-15-16-11/h1-6,14H,7-8H2. The first-order valence-corrected chi connectivity index (χ1v) is 5.56. The Kier molecular flexibility index (Phi) is 4.09. The molecule has 0 aliphatic rings. The molecule has 98 valence electrons. The van der Waals surface area contributed by atoms with E-state index in [1.54, 1.807) is 18.3 Å². The molecule has 0 radical (unpaired) electrons. The van der Waals surface area contributed by atoms with Gasteiger partial charge in [0.15, 0.2) is 0 Å². The Hall–Kier alpha value is -2.41. The minimum atomic E-state index is -0.620. The van der Waals surface area contributed by atoms with Crippen molar-refractivity contribution in [1.82, 2.24) is 15.5 Å². The number of halogens is 1. The molecule has 2 rings (SSSR count). The van der Waals surface area contributed by atoms with Crippen LogP contribution in [-0.4, -0.2) is 15.1 Å². The van der Waals surface area contributed by atoms with Crippen LogP contribution in [0.1, 0.15) is 11.3 Å². The Labute approximate surface area is 108 Å². The van der Waals surface area contributed by atoms with Gasteiger partial charge in [-0.15, -0.1) is 0 Å². The molecule has 0 saturated carbocycles. The highest BCUT2D eigenvalue weighted by molar-refractivity contribution is 5.35. The number of nitro groups is 1. The fourth-order valence-electron chi connectivity index (χ4n) is 1.60. The molecule has 7 heteroatoms. The molecule has 0 bridgehead atoms. The molecule has 1 aromatic heterocycles. The Morgan fingerprint density at radius 2 is 2.16 bits per heavy atom. The summed E-state index contributed by atoms with van der Waals surface area (Å²) in [5.41, 5.74) is 1.00. The molecule has 1 aromatic carbocycles. The van der Waals surface area contributed by atoms with E-state index in [2.05, 4.69) is 15.5 Å². The molecule has 0 aliphatic carbocycles. The predicted molar refractivity (Wildman–Crippen MR) is 65.6 cm³/mol. The molecule has 0 unspecified atom stereocenters. The van der Waals surface area contributed by atoms with Gasteiger partial charge in [-0.1, -0.05) is 0 Å². The van der Waals surface area contributed by atoms with Gasteiger partial charge in [0, 0.05) is 25.4 Å². The molecule has 0 saturated heterocycles. The number of hydrogen-bond donors (Lipinski definition) is 1. The molecule has 0 aliphatic heterocycles. The summed E-state index contributed by atoms with van der Waals surface area (Å²) in [7, 11) is 0. The highest BCUT2D eigenvalue weighted by Crippen LogP contribution is 2.16. The van der Waals surface area contributed by atoms with Crippen LogP contribution in [0.5, 0.6) is 0 Å². The zero-order valence-electron chi connectivity index (χ0n) is 9.91. The van der Waals surface area contributed by atoms with Crippen LogP contribution >= 0.6 is 0 Å². The van der Waals surface area contributed by atoms with Gasteiger partial charge in [0.1, 0.15) is 5.82 Å². The topological polar surface area (TPSA) is 81.0 Å². The number of non-ortho nitro benzene ring substituents is 1. The molecule has 2 aromatic rings. The van der Waals surface area contributed by atoms with Gasteiger partial charge >= 0.3 is 0 Å². The van der Waals surface area contributed by atoms with Gasteiger partial charge < -0.3 is 5.32 Å². The Balaban J connectivity index is 1.98. The third-order valence-electron chi connectivity index (χ3n) is 2.42. The minimum Gasteiger partial charge on any atom is -0.307 e. The van der Waals surface area contributed by atoms with Gasteiger partial charge in [-0.2, -0.15) is 10.2 Å². The van der Waals surface area contributed by atoms with E-state index < -0.39 is 10.7 Å². The van der Waals surface area contributed by atoms with Crippen molar-refractivity contribution in [2.75, 3.05) is 0 Å². The smallest absolute Gasteiger partial charge is 0.272 e. The number of benzene rings is 1. The predicted octanol–water partition coefficient (Wildman–Crippen LogP) is 1.81. The van der Waals surface area contributed by atoms with Crippen LogP contribution in [-0.2, 0) is 13.1 Å². The van der Waals surface area contributed by atoms with Crippen LogP contribution in [0, 0.1) is 15.9 Å².